The van der Waals surface area contributed by atoms with Crippen molar-refractivity contribution in [3.8, 4) is 0 Å². The first kappa shape index (κ1) is 10.8. The highest BCUT2D eigenvalue weighted by Crippen LogP contribution is 2.25. The zero-order valence-electron chi connectivity index (χ0n) is 8.61. The number of aromatic nitrogens is 2. The molecule has 15 heavy (non-hydrogen) atoms. The van der Waals surface area contributed by atoms with Crippen LogP contribution in [-0.2, 0) is 11.3 Å². The summed E-state index contributed by atoms with van der Waals surface area (Å²) in [5, 5.41) is 9.30. The number of ether oxygens (including phenoxy) is 1. The minimum Gasteiger partial charge on any atom is -0.374 e. The number of rotatable bonds is 5. The molecule has 0 unspecified atom stereocenters. The molecule has 1 aliphatic rings. The van der Waals surface area contributed by atoms with Crippen LogP contribution in [-0.4, -0.2) is 16.8 Å². The van der Waals surface area contributed by atoms with E-state index in [9.17, 15) is 0 Å². The van der Waals surface area contributed by atoms with Gasteiger partial charge in [-0.15, -0.1) is 10.2 Å². The quantitative estimate of drug-likeness (QED) is 0.590. The van der Waals surface area contributed by atoms with Gasteiger partial charge in [0.25, 0.3) is 0 Å². The molecule has 3 N–H and O–H groups in total. The highest BCUT2D eigenvalue weighted by atomic mass is 32.1. The number of nitrogens with one attached hydrogen (secondary N) is 1. The minimum atomic E-state index is 0.551. The SMILES string of the molecule is NNc1nnc(COCC2CCCC2)s1. The van der Waals surface area contributed by atoms with Crippen molar-refractivity contribution in [1.29, 1.82) is 0 Å². The van der Waals surface area contributed by atoms with Crippen LogP contribution in [0.15, 0.2) is 0 Å². The van der Waals surface area contributed by atoms with Crippen molar-refractivity contribution in [1.82, 2.24) is 10.2 Å². The maximum absolute atomic E-state index is 5.60. The molecular weight excluding hydrogens is 212 g/mol. The van der Waals surface area contributed by atoms with Crippen LogP contribution in [0.2, 0.25) is 0 Å². The highest BCUT2D eigenvalue weighted by molar-refractivity contribution is 7.15. The number of hydrazine groups is 1. The van der Waals surface area contributed by atoms with Gasteiger partial charge in [0.1, 0.15) is 11.6 Å². The predicted octanol–water partition coefficient (Wildman–Crippen LogP) is 1.53. The summed E-state index contributed by atoms with van der Waals surface area (Å²) in [6.45, 7) is 1.40. The molecule has 84 valence electrons. The molecule has 0 spiro atoms. The Kier molecular flexibility index (Phi) is 3.87. The van der Waals surface area contributed by atoms with Crippen molar-refractivity contribution in [2.45, 2.75) is 32.3 Å². The van der Waals surface area contributed by atoms with E-state index in [0.29, 0.717) is 11.7 Å². The largest absolute Gasteiger partial charge is 0.374 e. The molecule has 0 amide bonds. The zero-order chi connectivity index (χ0) is 10.5. The van der Waals surface area contributed by atoms with Crippen molar-refractivity contribution in [2.75, 3.05) is 12.0 Å². The molecule has 1 aromatic rings. The van der Waals surface area contributed by atoms with Gasteiger partial charge in [-0.1, -0.05) is 24.2 Å². The first-order valence-electron chi connectivity index (χ1n) is 5.25. The van der Waals surface area contributed by atoms with Crippen LogP contribution in [0.25, 0.3) is 0 Å². The monoisotopic (exact) mass is 228 g/mol. The number of hydrogen-bond acceptors (Lipinski definition) is 6. The number of nitrogens with two attached hydrogens (primary N) is 1. The van der Waals surface area contributed by atoms with Gasteiger partial charge in [0.15, 0.2) is 0 Å². The Labute approximate surface area is 93.0 Å². The molecule has 0 saturated heterocycles. The summed E-state index contributed by atoms with van der Waals surface area (Å²) in [4.78, 5) is 0. The summed E-state index contributed by atoms with van der Waals surface area (Å²) in [5.41, 5.74) is 2.47. The Morgan fingerprint density at radius 2 is 2.20 bits per heavy atom. The number of nitrogen functional groups attached to an aromatic ring is 1. The van der Waals surface area contributed by atoms with Crippen molar-refractivity contribution >= 4 is 16.5 Å². The van der Waals surface area contributed by atoms with Crippen molar-refractivity contribution < 1.29 is 4.74 Å². The van der Waals surface area contributed by atoms with Gasteiger partial charge in [0.2, 0.25) is 5.13 Å². The molecule has 1 saturated carbocycles. The summed E-state index contributed by atoms with van der Waals surface area (Å²) in [6.07, 6.45) is 5.33. The van der Waals surface area contributed by atoms with Crippen molar-refractivity contribution in [2.24, 2.45) is 11.8 Å². The first-order valence-corrected chi connectivity index (χ1v) is 6.07. The predicted molar refractivity (Wildman–Crippen MR) is 59.3 cm³/mol. The standard InChI is InChI=1S/C9H16N4OS/c10-11-9-13-12-8(15-9)6-14-5-7-3-1-2-4-7/h7H,1-6,10H2,(H,11,13). The van der Waals surface area contributed by atoms with Gasteiger partial charge in [-0.2, -0.15) is 0 Å². The second-order valence-electron chi connectivity index (χ2n) is 3.81. The van der Waals surface area contributed by atoms with E-state index in [1.165, 1.54) is 37.0 Å². The lowest BCUT2D eigenvalue weighted by atomic mass is 10.1. The summed E-state index contributed by atoms with van der Waals surface area (Å²) < 4.78 is 5.60. The minimum absolute atomic E-state index is 0.551. The van der Waals surface area contributed by atoms with Crippen molar-refractivity contribution in [3.63, 3.8) is 0 Å². The summed E-state index contributed by atoms with van der Waals surface area (Å²) >= 11 is 1.43. The van der Waals surface area contributed by atoms with Crippen LogP contribution in [0.3, 0.4) is 0 Å². The van der Waals surface area contributed by atoms with E-state index in [1.54, 1.807) is 0 Å². The molecule has 1 aromatic heterocycles. The molecule has 5 nitrogen and oxygen atoms in total. The van der Waals surface area contributed by atoms with Gasteiger partial charge in [-0.3, -0.25) is 5.43 Å². The van der Waals surface area contributed by atoms with Gasteiger partial charge in [0, 0.05) is 6.61 Å². The second kappa shape index (κ2) is 5.39. The van der Waals surface area contributed by atoms with Crippen LogP contribution < -0.4 is 11.3 Å². The maximum atomic E-state index is 5.60. The topological polar surface area (TPSA) is 73.1 Å². The molecule has 0 aromatic carbocycles. The van der Waals surface area contributed by atoms with E-state index >= 15 is 0 Å². The Morgan fingerprint density at radius 3 is 2.87 bits per heavy atom. The normalized spacial score (nSPS) is 17.1. The zero-order valence-corrected chi connectivity index (χ0v) is 9.42. The fraction of sp³-hybridized carbons (Fsp3) is 0.778. The molecule has 0 atom stereocenters. The molecule has 0 radical (unpaired) electrons. The third-order valence-corrected chi connectivity index (χ3v) is 3.47. The third kappa shape index (κ3) is 3.12. The van der Waals surface area contributed by atoms with E-state index in [0.717, 1.165) is 17.5 Å². The van der Waals surface area contributed by atoms with E-state index in [2.05, 4.69) is 15.6 Å². The average Bonchev–Trinajstić information content (AvgIpc) is 2.88. The van der Waals surface area contributed by atoms with Crippen molar-refractivity contribution in [3.05, 3.63) is 5.01 Å². The molecular formula is C9H16N4OS. The summed E-state index contributed by atoms with van der Waals surface area (Å²) in [7, 11) is 0. The van der Waals surface area contributed by atoms with Gasteiger partial charge in [-0.05, 0) is 18.8 Å². The van der Waals surface area contributed by atoms with Crippen LogP contribution in [0, 0.1) is 5.92 Å². The number of nitrogens with zero attached hydrogens (tertiary/aromatic N) is 2. The number of hydrogen-bond donors (Lipinski definition) is 2. The molecule has 1 aliphatic carbocycles. The average molecular weight is 228 g/mol. The van der Waals surface area contributed by atoms with Crippen LogP contribution in [0.4, 0.5) is 5.13 Å². The van der Waals surface area contributed by atoms with Crippen LogP contribution in [0.5, 0.6) is 0 Å². The highest BCUT2D eigenvalue weighted by Gasteiger charge is 2.15. The molecule has 6 heteroatoms. The molecule has 1 heterocycles. The molecule has 2 rings (SSSR count). The molecule has 1 fully saturated rings. The lowest BCUT2D eigenvalue weighted by Crippen LogP contribution is -2.05. The first-order chi connectivity index (χ1) is 7.38. The van der Waals surface area contributed by atoms with E-state index in [1.807, 2.05) is 0 Å². The fourth-order valence-electron chi connectivity index (χ4n) is 1.86. The summed E-state index contributed by atoms with van der Waals surface area (Å²) in [5.74, 6) is 5.96. The second-order valence-corrected chi connectivity index (χ2v) is 4.87. The Morgan fingerprint density at radius 1 is 1.40 bits per heavy atom. The molecule has 0 bridgehead atoms. The Hall–Kier alpha value is -0.720. The molecule has 0 aliphatic heterocycles. The Bertz CT molecular complexity index is 298. The van der Waals surface area contributed by atoms with E-state index in [4.69, 9.17) is 10.6 Å². The van der Waals surface area contributed by atoms with E-state index in [-0.39, 0.29) is 0 Å². The lowest BCUT2D eigenvalue weighted by Gasteiger charge is -2.07. The third-order valence-electron chi connectivity index (χ3n) is 2.64. The lowest BCUT2D eigenvalue weighted by molar-refractivity contribution is 0.0884. The van der Waals surface area contributed by atoms with Crippen LogP contribution in [0.1, 0.15) is 30.7 Å². The maximum Gasteiger partial charge on any atom is 0.219 e. The fourth-order valence-corrected chi connectivity index (χ4v) is 2.45. The van der Waals surface area contributed by atoms with Gasteiger partial charge >= 0.3 is 0 Å². The Balaban J connectivity index is 1.68. The van der Waals surface area contributed by atoms with E-state index < -0.39 is 0 Å². The summed E-state index contributed by atoms with van der Waals surface area (Å²) in [6, 6.07) is 0. The van der Waals surface area contributed by atoms with Crippen LogP contribution >= 0.6 is 11.3 Å². The number of anilines is 1. The van der Waals surface area contributed by atoms with Gasteiger partial charge in [-0.25, -0.2) is 5.84 Å². The smallest absolute Gasteiger partial charge is 0.219 e. The van der Waals surface area contributed by atoms with Gasteiger partial charge in [0.05, 0.1) is 0 Å². The van der Waals surface area contributed by atoms with Gasteiger partial charge < -0.3 is 4.74 Å².